The second-order valence-electron chi connectivity index (χ2n) is 6.85. The van der Waals surface area contributed by atoms with Crippen molar-refractivity contribution >= 4 is 17.5 Å². The molecule has 1 aliphatic heterocycles. The third-order valence-electron chi connectivity index (χ3n) is 4.98. The molecule has 7 heteroatoms. The first kappa shape index (κ1) is 20.4. The van der Waals surface area contributed by atoms with Gasteiger partial charge in [-0.2, -0.15) is 5.10 Å². The fraction of sp³-hybridized carbons (Fsp3) is 0.318. The second-order valence-corrected chi connectivity index (χ2v) is 6.85. The lowest BCUT2D eigenvalue weighted by Gasteiger charge is -2.25. The molecule has 1 heterocycles. The summed E-state index contributed by atoms with van der Waals surface area (Å²) in [7, 11) is 4.81. The van der Waals surface area contributed by atoms with E-state index in [0.29, 0.717) is 12.2 Å². The number of para-hydroxylation sites is 1. The molecule has 2 aromatic carbocycles. The van der Waals surface area contributed by atoms with Crippen LogP contribution in [0.1, 0.15) is 30.5 Å². The maximum Gasteiger partial charge on any atom is 0.262 e. The minimum atomic E-state index is -0.319. The van der Waals surface area contributed by atoms with Gasteiger partial charge >= 0.3 is 0 Å². The van der Waals surface area contributed by atoms with Crippen molar-refractivity contribution in [2.45, 2.75) is 19.4 Å². The van der Waals surface area contributed by atoms with Crippen LogP contribution in [-0.4, -0.2) is 55.2 Å². The van der Waals surface area contributed by atoms with E-state index in [4.69, 9.17) is 9.47 Å². The second kappa shape index (κ2) is 8.77. The van der Waals surface area contributed by atoms with Gasteiger partial charge in [0.1, 0.15) is 18.0 Å². The van der Waals surface area contributed by atoms with Crippen molar-refractivity contribution in [1.29, 1.82) is 0 Å². The van der Waals surface area contributed by atoms with Crippen molar-refractivity contribution in [1.82, 2.24) is 9.91 Å². The van der Waals surface area contributed by atoms with Crippen molar-refractivity contribution in [2.24, 2.45) is 5.10 Å². The first-order valence-corrected chi connectivity index (χ1v) is 9.33. The summed E-state index contributed by atoms with van der Waals surface area (Å²) in [6.07, 6.45) is 0.531. The van der Waals surface area contributed by atoms with E-state index >= 15 is 0 Å². The highest BCUT2D eigenvalue weighted by Gasteiger charge is 2.35. The van der Waals surface area contributed by atoms with Crippen molar-refractivity contribution in [2.75, 3.05) is 27.8 Å². The van der Waals surface area contributed by atoms with E-state index < -0.39 is 0 Å². The highest BCUT2D eigenvalue weighted by atomic mass is 16.5. The summed E-state index contributed by atoms with van der Waals surface area (Å²) in [5, 5.41) is 6.09. The van der Waals surface area contributed by atoms with Gasteiger partial charge in [0.15, 0.2) is 0 Å². The van der Waals surface area contributed by atoms with Crippen LogP contribution in [0.5, 0.6) is 11.5 Å². The van der Waals surface area contributed by atoms with E-state index in [2.05, 4.69) is 5.10 Å². The van der Waals surface area contributed by atoms with Gasteiger partial charge in [-0.05, 0) is 18.2 Å². The van der Waals surface area contributed by atoms with Gasteiger partial charge in [0.25, 0.3) is 5.91 Å². The first-order chi connectivity index (χ1) is 13.9. The number of ether oxygens (including phenoxy) is 2. The lowest BCUT2D eigenvalue weighted by molar-refractivity contribution is -0.139. The topological polar surface area (TPSA) is 71.4 Å². The number of carbonyl (C=O) groups excluding carboxylic acids is 2. The zero-order valence-electron chi connectivity index (χ0n) is 17.1. The van der Waals surface area contributed by atoms with Gasteiger partial charge in [-0.1, -0.05) is 30.3 Å². The summed E-state index contributed by atoms with van der Waals surface area (Å²) in [4.78, 5) is 26.0. The molecule has 0 bridgehead atoms. The summed E-state index contributed by atoms with van der Waals surface area (Å²) < 4.78 is 10.8. The number of benzene rings is 2. The smallest absolute Gasteiger partial charge is 0.262 e. The Kier molecular flexibility index (Phi) is 6.16. The van der Waals surface area contributed by atoms with Crippen LogP contribution in [0, 0.1) is 0 Å². The average Bonchev–Trinajstić information content (AvgIpc) is 3.19. The van der Waals surface area contributed by atoms with Crippen molar-refractivity contribution < 1.29 is 19.1 Å². The van der Waals surface area contributed by atoms with Crippen LogP contribution in [0.15, 0.2) is 53.6 Å². The molecule has 1 aliphatic rings. The molecule has 3 rings (SSSR count). The van der Waals surface area contributed by atoms with Gasteiger partial charge < -0.3 is 14.4 Å². The molecule has 0 spiro atoms. The van der Waals surface area contributed by atoms with Crippen LogP contribution in [0.25, 0.3) is 0 Å². The lowest BCUT2D eigenvalue weighted by atomic mass is 9.97. The Morgan fingerprint density at radius 1 is 1.14 bits per heavy atom. The summed E-state index contributed by atoms with van der Waals surface area (Å²) in [6, 6.07) is 14.9. The molecular formula is C22H25N3O4. The molecule has 2 amide bonds. The van der Waals surface area contributed by atoms with Crippen molar-refractivity contribution in [3.05, 3.63) is 59.7 Å². The SMILES string of the molecule is COc1cccc(C2=NN(C(=O)CN(C)C(C)=O)C(c3ccccc3OC)C2)c1. The van der Waals surface area contributed by atoms with E-state index in [-0.39, 0.29) is 24.4 Å². The lowest BCUT2D eigenvalue weighted by Crippen LogP contribution is -2.38. The van der Waals surface area contributed by atoms with Gasteiger partial charge in [-0.25, -0.2) is 5.01 Å². The number of carbonyl (C=O) groups is 2. The fourth-order valence-electron chi connectivity index (χ4n) is 3.29. The molecule has 29 heavy (non-hydrogen) atoms. The van der Waals surface area contributed by atoms with Crippen LogP contribution in [0.4, 0.5) is 0 Å². The number of likely N-dealkylation sites (N-methyl/N-ethyl adjacent to an activating group) is 1. The molecule has 152 valence electrons. The molecule has 0 fully saturated rings. The monoisotopic (exact) mass is 395 g/mol. The molecule has 1 atom stereocenters. The van der Waals surface area contributed by atoms with Crippen LogP contribution in [0.2, 0.25) is 0 Å². The number of rotatable bonds is 6. The standard InChI is InChI=1S/C22H25N3O4/c1-15(26)24(2)14-22(27)25-20(18-10-5-6-11-21(18)29-4)13-19(23-25)16-8-7-9-17(12-16)28-3/h5-12,20H,13-14H2,1-4H3. The molecule has 7 nitrogen and oxygen atoms in total. The van der Waals surface area contributed by atoms with Crippen molar-refractivity contribution in [3.8, 4) is 11.5 Å². The maximum atomic E-state index is 13.0. The Hall–Kier alpha value is -3.35. The molecule has 0 radical (unpaired) electrons. The molecule has 0 N–H and O–H groups in total. The molecule has 0 saturated heterocycles. The van der Waals surface area contributed by atoms with E-state index in [1.807, 2.05) is 48.5 Å². The molecule has 0 aromatic heterocycles. The number of nitrogens with zero attached hydrogens (tertiary/aromatic N) is 3. The maximum absolute atomic E-state index is 13.0. The number of amides is 2. The number of hydrogen-bond donors (Lipinski definition) is 0. The molecule has 0 saturated carbocycles. The minimum absolute atomic E-state index is 0.0458. The Labute approximate surface area is 170 Å². The fourth-order valence-corrected chi connectivity index (χ4v) is 3.29. The van der Waals surface area contributed by atoms with E-state index in [0.717, 1.165) is 22.6 Å². The highest BCUT2D eigenvalue weighted by molar-refractivity contribution is 6.03. The van der Waals surface area contributed by atoms with Gasteiger partial charge in [-0.3, -0.25) is 9.59 Å². The minimum Gasteiger partial charge on any atom is -0.497 e. The van der Waals surface area contributed by atoms with Crippen LogP contribution in [0.3, 0.4) is 0 Å². The third kappa shape index (κ3) is 4.39. The zero-order chi connectivity index (χ0) is 21.0. The van der Waals surface area contributed by atoms with E-state index in [1.54, 1.807) is 21.3 Å². The normalized spacial score (nSPS) is 15.7. The van der Waals surface area contributed by atoms with Gasteiger partial charge in [-0.15, -0.1) is 0 Å². The average molecular weight is 395 g/mol. The Morgan fingerprint density at radius 3 is 2.59 bits per heavy atom. The Bertz CT molecular complexity index is 941. The molecular weight excluding hydrogens is 370 g/mol. The van der Waals surface area contributed by atoms with Crippen molar-refractivity contribution in [3.63, 3.8) is 0 Å². The van der Waals surface area contributed by atoms with E-state index in [9.17, 15) is 9.59 Å². The molecule has 1 unspecified atom stereocenters. The van der Waals surface area contributed by atoms with Crippen LogP contribution >= 0.6 is 0 Å². The largest absolute Gasteiger partial charge is 0.497 e. The summed E-state index contributed by atoms with van der Waals surface area (Å²) in [5.74, 6) is 0.984. The molecule has 2 aromatic rings. The van der Waals surface area contributed by atoms with Gasteiger partial charge in [0, 0.05) is 31.5 Å². The quantitative estimate of drug-likeness (QED) is 0.754. The van der Waals surface area contributed by atoms with Crippen LogP contribution in [-0.2, 0) is 9.59 Å². The van der Waals surface area contributed by atoms with E-state index in [1.165, 1.54) is 16.8 Å². The van der Waals surface area contributed by atoms with Gasteiger partial charge in [0.05, 0.1) is 26.0 Å². The number of methoxy groups -OCH3 is 2. The first-order valence-electron chi connectivity index (χ1n) is 9.33. The Morgan fingerprint density at radius 2 is 1.90 bits per heavy atom. The predicted molar refractivity (Wildman–Crippen MR) is 110 cm³/mol. The molecule has 0 aliphatic carbocycles. The third-order valence-corrected chi connectivity index (χ3v) is 4.98. The number of hydrazone groups is 1. The Balaban J connectivity index is 1.98. The van der Waals surface area contributed by atoms with Gasteiger partial charge in [0.2, 0.25) is 5.91 Å². The zero-order valence-corrected chi connectivity index (χ0v) is 17.1. The summed E-state index contributed by atoms with van der Waals surface area (Å²) >= 11 is 0. The summed E-state index contributed by atoms with van der Waals surface area (Å²) in [5.41, 5.74) is 2.54. The number of hydrogen-bond acceptors (Lipinski definition) is 5. The predicted octanol–water partition coefficient (Wildman–Crippen LogP) is 2.86. The summed E-state index contributed by atoms with van der Waals surface area (Å²) in [6.45, 7) is 1.38. The highest BCUT2D eigenvalue weighted by Crippen LogP contribution is 2.37. The van der Waals surface area contributed by atoms with Crippen LogP contribution < -0.4 is 9.47 Å².